The summed E-state index contributed by atoms with van der Waals surface area (Å²) >= 11 is 0. The molecule has 1 aromatic heterocycles. The molecule has 1 fully saturated rings. The maximum absolute atomic E-state index is 12.6. The quantitative estimate of drug-likeness (QED) is 0.604. The van der Waals surface area contributed by atoms with E-state index in [0.29, 0.717) is 11.4 Å². The molecular formula is C19H26N6O3. The van der Waals surface area contributed by atoms with Gasteiger partial charge in [-0.05, 0) is 32.5 Å². The Morgan fingerprint density at radius 3 is 2.50 bits per heavy atom. The maximum Gasteiger partial charge on any atom is 0.312 e. The third-order valence-corrected chi connectivity index (χ3v) is 5.16. The van der Waals surface area contributed by atoms with Crippen molar-refractivity contribution < 1.29 is 9.72 Å². The number of nitrogens with zero attached hydrogens (tertiary/aromatic N) is 5. The van der Waals surface area contributed by atoms with Crippen molar-refractivity contribution in [2.75, 3.05) is 42.9 Å². The SMILES string of the molecule is CCN1CCN(c2ccccc2NC(=O)Cn2nc(C)c([N+](=O)[O-])c2C)CC1. The summed E-state index contributed by atoms with van der Waals surface area (Å²) in [6.07, 6.45) is 0. The van der Waals surface area contributed by atoms with Gasteiger partial charge in [-0.2, -0.15) is 5.10 Å². The molecule has 1 aliphatic heterocycles. The van der Waals surface area contributed by atoms with Crippen LogP contribution in [0.1, 0.15) is 18.3 Å². The minimum Gasteiger partial charge on any atom is -0.367 e. The van der Waals surface area contributed by atoms with E-state index < -0.39 is 4.92 Å². The van der Waals surface area contributed by atoms with Crippen molar-refractivity contribution in [2.45, 2.75) is 27.3 Å². The summed E-state index contributed by atoms with van der Waals surface area (Å²) in [5.41, 5.74) is 2.38. The lowest BCUT2D eigenvalue weighted by Crippen LogP contribution is -2.46. The third-order valence-electron chi connectivity index (χ3n) is 5.16. The normalized spacial score (nSPS) is 14.9. The first kappa shape index (κ1) is 19.8. The van der Waals surface area contributed by atoms with Crippen LogP contribution in [0.3, 0.4) is 0 Å². The smallest absolute Gasteiger partial charge is 0.312 e. The zero-order valence-electron chi connectivity index (χ0n) is 16.5. The van der Waals surface area contributed by atoms with Gasteiger partial charge in [0.25, 0.3) is 0 Å². The van der Waals surface area contributed by atoms with Crippen LogP contribution < -0.4 is 10.2 Å². The highest BCUT2D eigenvalue weighted by atomic mass is 16.6. The highest BCUT2D eigenvalue weighted by Crippen LogP contribution is 2.27. The molecule has 3 rings (SSSR count). The van der Waals surface area contributed by atoms with Gasteiger partial charge in [0.15, 0.2) is 0 Å². The molecule has 0 aliphatic carbocycles. The summed E-state index contributed by atoms with van der Waals surface area (Å²) in [4.78, 5) is 27.9. The molecule has 1 saturated heterocycles. The van der Waals surface area contributed by atoms with E-state index >= 15 is 0 Å². The first-order chi connectivity index (χ1) is 13.4. The first-order valence-corrected chi connectivity index (χ1v) is 9.45. The molecule has 2 aromatic rings. The summed E-state index contributed by atoms with van der Waals surface area (Å²) in [5, 5.41) is 18.2. The number of anilines is 2. The molecule has 0 saturated carbocycles. The molecule has 2 heterocycles. The number of benzene rings is 1. The average Bonchev–Trinajstić information content (AvgIpc) is 2.95. The van der Waals surface area contributed by atoms with Crippen LogP contribution in [0.5, 0.6) is 0 Å². The molecule has 0 unspecified atom stereocenters. The lowest BCUT2D eigenvalue weighted by Gasteiger charge is -2.36. The van der Waals surface area contributed by atoms with Gasteiger partial charge in [-0.3, -0.25) is 19.6 Å². The molecule has 0 bridgehead atoms. The van der Waals surface area contributed by atoms with Crippen molar-refractivity contribution in [3.8, 4) is 0 Å². The molecule has 1 aliphatic rings. The van der Waals surface area contributed by atoms with Crippen molar-refractivity contribution in [3.05, 3.63) is 45.8 Å². The minimum absolute atomic E-state index is 0.0398. The number of aryl methyl sites for hydroxylation is 1. The highest BCUT2D eigenvalue weighted by Gasteiger charge is 2.23. The van der Waals surface area contributed by atoms with Gasteiger partial charge in [-0.25, -0.2) is 0 Å². The van der Waals surface area contributed by atoms with Gasteiger partial charge in [0.1, 0.15) is 17.9 Å². The second kappa shape index (κ2) is 8.39. The molecule has 9 heteroatoms. The van der Waals surface area contributed by atoms with Gasteiger partial charge in [0.05, 0.1) is 16.3 Å². The van der Waals surface area contributed by atoms with Crippen molar-refractivity contribution in [1.82, 2.24) is 14.7 Å². The third kappa shape index (κ3) is 4.14. The van der Waals surface area contributed by atoms with E-state index in [0.717, 1.165) is 44.1 Å². The number of nitrogens with one attached hydrogen (secondary N) is 1. The van der Waals surface area contributed by atoms with Crippen LogP contribution in [-0.2, 0) is 11.3 Å². The number of para-hydroxylation sites is 2. The predicted octanol–water partition coefficient (Wildman–Crippen LogP) is 2.19. The molecule has 1 aromatic carbocycles. The van der Waals surface area contributed by atoms with Crippen molar-refractivity contribution in [2.24, 2.45) is 0 Å². The molecule has 0 atom stereocenters. The molecule has 1 amide bonds. The number of hydrogen-bond donors (Lipinski definition) is 1. The zero-order chi connectivity index (χ0) is 20.3. The zero-order valence-corrected chi connectivity index (χ0v) is 16.5. The summed E-state index contributed by atoms with van der Waals surface area (Å²) in [5.74, 6) is -0.264. The Bertz CT molecular complexity index is 871. The first-order valence-electron chi connectivity index (χ1n) is 9.45. The Morgan fingerprint density at radius 2 is 1.89 bits per heavy atom. The Morgan fingerprint density at radius 1 is 1.21 bits per heavy atom. The number of aromatic nitrogens is 2. The van der Waals surface area contributed by atoms with Crippen LogP contribution in [0, 0.1) is 24.0 Å². The van der Waals surface area contributed by atoms with Gasteiger partial charge in [0.2, 0.25) is 5.91 Å². The largest absolute Gasteiger partial charge is 0.367 e. The average molecular weight is 386 g/mol. The Kier molecular flexibility index (Phi) is 5.93. The molecule has 150 valence electrons. The van der Waals surface area contributed by atoms with E-state index in [2.05, 4.69) is 27.1 Å². The fourth-order valence-corrected chi connectivity index (χ4v) is 3.59. The topological polar surface area (TPSA) is 96.5 Å². The lowest BCUT2D eigenvalue weighted by molar-refractivity contribution is -0.386. The Labute approximate surface area is 164 Å². The number of piperazine rings is 1. The summed E-state index contributed by atoms with van der Waals surface area (Å²) < 4.78 is 1.38. The molecule has 28 heavy (non-hydrogen) atoms. The molecule has 1 N–H and O–H groups in total. The molecule has 0 spiro atoms. The Hall–Kier alpha value is -2.94. The van der Waals surface area contributed by atoms with Crippen LogP contribution >= 0.6 is 0 Å². The number of hydrogen-bond acceptors (Lipinski definition) is 6. The van der Waals surface area contributed by atoms with E-state index in [1.165, 1.54) is 4.68 Å². The van der Waals surface area contributed by atoms with Gasteiger partial charge in [-0.1, -0.05) is 19.1 Å². The molecule has 9 nitrogen and oxygen atoms in total. The molecular weight excluding hydrogens is 360 g/mol. The van der Waals surface area contributed by atoms with Gasteiger partial charge in [0, 0.05) is 26.2 Å². The predicted molar refractivity (Wildman–Crippen MR) is 108 cm³/mol. The van der Waals surface area contributed by atoms with Crippen LogP contribution in [-0.4, -0.2) is 58.2 Å². The number of nitro groups is 1. The van der Waals surface area contributed by atoms with Crippen LogP contribution in [0.25, 0.3) is 0 Å². The van der Waals surface area contributed by atoms with Crippen LogP contribution in [0.4, 0.5) is 17.1 Å². The second-order valence-electron chi connectivity index (χ2n) is 6.92. The fourth-order valence-electron chi connectivity index (χ4n) is 3.59. The van der Waals surface area contributed by atoms with Crippen LogP contribution in [0.2, 0.25) is 0 Å². The number of rotatable bonds is 6. The van der Waals surface area contributed by atoms with E-state index in [4.69, 9.17) is 0 Å². The fraction of sp³-hybridized carbons (Fsp3) is 0.474. The van der Waals surface area contributed by atoms with E-state index in [1.54, 1.807) is 13.8 Å². The number of amides is 1. The van der Waals surface area contributed by atoms with Crippen molar-refractivity contribution in [1.29, 1.82) is 0 Å². The van der Waals surface area contributed by atoms with E-state index in [-0.39, 0.29) is 18.1 Å². The van der Waals surface area contributed by atoms with E-state index in [9.17, 15) is 14.9 Å². The maximum atomic E-state index is 12.6. The second-order valence-corrected chi connectivity index (χ2v) is 6.92. The Balaban J connectivity index is 1.72. The number of carbonyl (C=O) groups excluding carboxylic acids is 1. The highest BCUT2D eigenvalue weighted by molar-refractivity contribution is 5.94. The summed E-state index contributed by atoms with van der Waals surface area (Å²) in [6.45, 7) is 10.1. The summed E-state index contributed by atoms with van der Waals surface area (Å²) in [6, 6.07) is 7.73. The van der Waals surface area contributed by atoms with Crippen molar-refractivity contribution >= 4 is 23.0 Å². The lowest BCUT2D eigenvalue weighted by atomic mass is 10.2. The summed E-state index contributed by atoms with van der Waals surface area (Å²) in [7, 11) is 0. The monoisotopic (exact) mass is 386 g/mol. The van der Waals surface area contributed by atoms with Gasteiger partial charge >= 0.3 is 5.69 Å². The number of likely N-dealkylation sites (N-methyl/N-ethyl adjacent to an activating group) is 1. The van der Waals surface area contributed by atoms with Gasteiger partial charge in [-0.15, -0.1) is 0 Å². The number of carbonyl (C=O) groups is 1. The standard InChI is InChI=1S/C19H26N6O3/c1-4-22-9-11-23(12-10-22)17-8-6-5-7-16(17)20-18(26)13-24-15(3)19(25(27)28)14(2)21-24/h5-8H,4,9-13H2,1-3H3,(H,20,26). The van der Waals surface area contributed by atoms with Gasteiger partial charge < -0.3 is 15.1 Å². The van der Waals surface area contributed by atoms with E-state index in [1.807, 2.05) is 24.3 Å². The van der Waals surface area contributed by atoms with Crippen LogP contribution in [0.15, 0.2) is 24.3 Å². The minimum atomic E-state index is -0.461. The molecule has 0 radical (unpaired) electrons. The van der Waals surface area contributed by atoms with Crippen molar-refractivity contribution in [3.63, 3.8) is 0 Å².